The Hall–Kier alpha value is -0.0500. The summed E-state index contributed by atoms with van der Waals surface area (Å²) < 4.78 is 4.86. The van der Waals surface area contributed by atoms with E-state index in [9.17, 15) is 4.79 Å². The molecule has 17 heavy (non-hydrogen) atoms. The second-order valence-electron chi connectivity index (χ2n) is 7.66. The van der Waals surface area contributed by atoms with E-state index in [-0.39, 0.29) is 16.8 Å². The molecule has 0 aliphatic rings. The maximum absolute atomic E-state index is 12.5. The van der Waals surface area contributed by atoms with Crippen molar-refractivity contribution < 1.29 is 9.53 Å². The van der Waals surface area contributed by atoms with E-state index in [0.717, 1.165) is 0 Å². The molecule has 0 atom stereocenters. The monoisotopic (exact) mass is 306 g/mol. The molecule has 102 valence electrons. The highest BCUT2D eigenvalue weighted by Gasteiger charge is 2.56. The zero-order chi connectivity index (χ0) is 14.3. The quantitative estimate of drug-likeness (QED) is 0.524. The number of hydrogen-bond acceptors (Lipinski definition) is 2. The van der Waals surface area contributed by atoms with Crippen LogP contribution in [-0.4, -0.2) is 15.9 Å². The Labute approximate surface area is 115 Å². The Balaban J connectivity index is 5.46. The van der Waals surface area contributed by atoms with Gasteiger partial charge in [-0.05, 0) is 31.6 Å². The minimum atomic E-state index is -0.708. The lowest BCUT2D eigenvalue weighted by molar-refractivity contribution is -0.165. The lowest BCUT2D eigenvalue weighted by Crippen LogP contribution is -2.56. The number of rotatable bonds is 1. The van der Waals surface area contributed by atoms with E-state index in [1.807, 2.05) is 20.8 Å². The first-order chi connectivity index (χ1) is 7.13. The molecular weight excluding hydrogens is 280 g/mol. The number of halogens is 1. The van der Waals surface area contributed by atoms with Crippen LogP contribution in [0.15, 0.2) is 0 Å². The molecule has 0 unspecified atom stereocenters. The van der Waals surface area contributed by atoms with Crippen molar-refractivity contribution in [3.05, 3.63) is 0 Å². The van der Waals surface area contributed by atoms with Crippen molar-refractivity contribution in [2.24, 2.45) is 10.8 Å². The molecular formula is C14H27BrO2. The topological polar surface area (TPSA) is 26.3 Å². The first-order valence-corrected chi connectivity index (χ1v) is 6.84. The third kappa shape index (κ3) is 3.70. The molecule has 0 aliphatic heterocycles. The van der Waals surface area contributed by atoms with Gasteiger partial charge in [0.1, 0.15) is 9.93 Å². The Bertz CT molecular complexity index is 273. The van der Waals surface area contributed by atoms with Gasteiger partial charge in [-0.2, -0.15) is 0 Å². The van der Waals surface area contributed by atoms with Crippen molar-refractivity contribution in [2.75, 3.05) is 0 Å². The Morgan fingerprint density at radius 3 is 1.29 bits per heavy atom. The zero-order valence-electron chi connectivity index (χ0n) is 12.7. The predicted octanol–water partition coefficient (Wildman–Crippen LogP) is 4.55. The van der Waals surface area contributed by atoms with Crippen LogP contribution in [0, 0.1) is 10.8 Å². The van der Waals surface area contributed by atoms with E-state index in [2.05, 4.69) is 57.5 Å². The summed E-state index contributed by atoms with van der Waals surface area (Å²) in [7, 11) is 0. The van der Waals surface area contributed by atoms with Crippen LogP contribution in [0.25, 0.3) is 0 Å². The van der Waals surface area contributed by atoms with Gasteiger partial charge in [-0.3, -0.25) is 4.79 Å². The van der Waals surface area contributed by atoms with Gasteiger partial charge in [-0.15, -0.1) is 0 Å². The highest BCUT2D eigenvalue weighted by atomic mass is 79.9. The zero-order valence-corrected chi connectivity index (χ0v) is 14.3. The van der Waals surface area contributed by atoms with E-state index < -0.39 is 9.93 Å². The average Bonchev–Trinajstić information content (AvgIpc) is 1.94. The smallest absolute Gasteiger partial charge is 0.324 e. The second-order valence-corrected chi connectivity index (χ2v) is 8.85. The van der Waals surface area contributed by atoms with Gasteiger partial charge in [-0.25, -0.2) is 0 Å². The standard InChI is InChI=1S/C14H27BrO2/c1-11(2,3)14(15,12(4,5)6)10(16)17-13(7,8)9/h1-9H3. The minimum Gasteiger partial charge on any atom is -0.459 e. The fourth-order valence-electron chi connectivity index (χ4n) is 2.09. The van der Waals surface area contributed by atoms with E-state index in [4.69, 9.17) is 4.74 Å². The summed E-state index contributed by atoms with van der Waals surface area (Å²) in [5.41, 5.74) is -0.923. The molecule has 0 rings (SSSR count). The van der Waals surface area contributed by atoms with Crippen LogP contribution in [0.1, 0.15) is 62.3 Å². The van der Waals surface area contributed by atoms with Crippen molar-refractivity contribution in [3.8, 4) is 0 Å². The molecule has 2 nitrogen and oxygen atoms in total. The molecule has 0 spiro atoms. The third-order valence-corrected chi connectivity index (χ3v) is 5.45. The van der Waals surface area contributed by atoms with Crippen molar-refractivity contribution >= 4 is 21.9 Å². The molecule has 0 saturated carbocycles. The Morgan fingerprint density at radius 2 is 1.12 bits per heavy atom. The number of carbonyl (C=O) groups is 1. The van der Waals surface area contributed by atoms with Crippen LogP contribution in [0.3, 0.4) is 0 Å². The summed E-state index contributed by atoms with van der Waals surface area (Å²) >= 11 is 3.67. The fourth-order valence-corrected chi connectivity index (χ4v) is 2.17. The van der Waals surface area contributed by atoms with Gasteiger partial charge in [0.15, 0.2) is 0 Å². The molecule has 0 saturated heterocycles. The summed E-state index contributed by atoms with van der Waals surface area (Å²) in [4.78, 5) is 12.5. The van der Waals surface area contributed by atoms with Gasteiger partial charge in [-0.1, -0.05) is 57.5 Å². The molecule has 0 aromatic carbocycles. The fraction of sp³-hybridized carbons (Fsp3) is 0.929. The normalized spacial score (nSPS) is 14.7. The maximum atomic E-state index is 12.5. The predicted molar refractivity (Wildman–Crippen MR) is 76.4 cm³/mol. The van der Waals surface area contributed by atoms with Gasteiger partial charge >= 0.3 is 5.97 Å². The van der Waals surface area contributed by atoms with Gasteiger partial charge < -0.3 is 4.74 Å². The number of hydrogen-bond donors (Lipinski definition) is 0. The third-order valence-electron chi connectivity index (χ3n) is 2.75. The van der Waals surface area contributed by atoms with Crippen LogP contribution in [0.2, 0.25) is 0 Å². The second kappa shape index (κ2) is 4.56. The molecule has 0 bridgehead atoms. The van der Waals surface area contributed by atoms with Crippen LogP contribution in [0.4, 0.5) is 0 Å². The molecule has 3 heteroatoms. The maximum Gasteiger partial charge on any atom is 0.324 e. The SMILES string of the molecule is CC(C)(C)OC(=O)C(Br)(C(C)(C)C)C(C)(C)C. The van der Waals surface area contributed by atoms with Crippen LogP contribution in [-0.2, 0) is 9.53 Å². The van der Waals surface area contributed by atoms with Gasteiger partial charge in [0, 0.05) is 0 Å². The number of alkyl halides is 1. The molecule has 0 aromatic rings. The minimum absolute atomic E-state index is 0.190. The van der Waals surface area contributed by atoms with E-state index >= 15 is 0 Å². The van der Waals surface area contributed by atoms with Crippen LogP contribution in [0.5, 0.6) is 0 Å². The molecule has 0 heterocycles. The number of esters is 1. The molecule has 0 fully saturated rings. The van der Waals surface area contributed by atoms with Crippen LogP contribution < -0.4 is 0 Å². The van der Waals surface area contributed by atoms with E-state index in [1.165, 1.54) is 0 Å². The highest BCUT2D eigenvalue weighted by molar-refractivity contribution is 9.10. The summed E-state index contributed by atoms with van der Waals surface area (Å²) in [6, 6.07) is 0. The molecule has 0 aliphatic carbocycles. The largest absolute Gasteiger partial charge is 0.459 e. The molecule has 0 N–H and O–H groups in total. The first-order valence-electron chi connectivity index (χ1n) is 6.05. The number of carbonyl (C=O) groups excluding carboxylic acids is 1. The summed E-state index contributed by atoms with van der Waals surface area (Å²) in [6.45, 7) is 18.0. The van der Waals surface area contributed by atoms with E-state index in [0.29, 0.717) is 0 Å². The molecule has 0 radical (unpaired) electrons. The van der Waals surface area contributed by atoms with Crippen molar-refractivity contribution in [2.45, 2.75) is 72.2 Å². The lowest BCUT2D eigenvalue weighted by Gasteiger charge is -2.47. The van der Waals surface area contributed by atoms with E-state index in [1.54, 1.807) is 0 Å². The first kappa shape index (κ1) is 16.9. The average molecular weight is 307 g/mol. The van der Waals surface area contributed by atoms with Crippen molar-refractivity contribution in [1.29, 1.82) is 0 Å². The van der Waals surface area contributed by atoms with Crippen LogP contribution >= 0.6 is 15.9 Å². The summed E-state index contributed by atoms with van der Waals surface area (Å²) in [5.74, 6) is -0.190. The lowest BCUT2D eigenvalue weighted by atomic mass is 9.66. The Kier molecular flexibility index (Phi) is 4.55. The van der Waals surface area contributed by atoms with Crippen molar-refractivity contribution in [1.82, 2.24) is 0 Å². The summed E-state index contributed by atoms with van der Waals surface area (Å²) in [5, 5.41) is 0. The molecule has 0 aromatic heterocycles. The van der Waals surface area contributed by atoms with Gasteiger partial charge in [0.05, 0.1) is 0 Å². The molecule has 0 amide bonds. The summed E-state index contributed by atoms with van der Waals surface area (Å²) in [6.07, 6.45) is 0. The van der Waals surface area contributed by atoms with Crippen molar-refractivity contribution in [3.63, 3.8) is 0 Å². The Morgan fingerprint density at radius 1 is 0.824 bits per heavy atom. The van der Waals surface area contributed by atoms with Gasteiger partial charge in [0.25, 0.3) is 0 Å². The number of ether oxygens (including phenoxy) is 1. The highest BCUT2D eigenvalue weighted by Crippen LogP contribution is 2.51. The van der Waals surface area contributed by atoms with Gasteiger partial charge in [0.2, 0.25) is 0 Å².